The van der Waals surface area contributed by atoms with Crippen LogP contribution in [-0.4, -0.2) is 41.7 Å². The molecule has 0 aliphatic carbocycles. The molecule has 0 aliphatic heterocycles. The zero-order chi connectivity index (χ0) is 17.2. The van der Waals surface area contributed by atoms with Crippen molar-refractivity contribution in [2.75, 3.05) is 18.5 Å². The Kier molecular flexibility index (Phi) is 7.41. The number of hydrogen-bond donors (Lipinski definition) is 4. The third-order valence-corrected chi connectivity index (χ3v) is 2.70. The van der Waals surface area contributed by atoms with Crippen LogP contribution in [0, 0.1) is 6.92 Å². The summed E-state index contributed by atoms with van der Waals surface area (Å²) < 4.78 is 0. The van der Waals surface area contributed by atoms with Crippen molar-refractivity contribution < 1.29 is 19.5 Å². The second kappa shape index (κ2) is 9.31. The van der Waals surface area contributed by atoms with Crippen LogP contribution in [0.2, 0.25) is 0 Å². The van der Waals surface area contributed by atoms with Gasteiger partial charge in [-0.2, -0.15) is 5.10 Å². The Labute approximate surface area is 134 Å². The summed E-state index contributed by atoms with van der Waals surface area (Å²) in [5, 5.41) is 17.1. The number of amides is 3. The van der Waals surface area contributed by atoms with Crippen LogP contribution in [0.5, 0.6) is 0 Å². The van der Waals surface area contributed by atoms with Crippen molar-refractivity contribution in [2.24, 2.45) is 5.10 Å². The van der Waals surface area contributed by atoms with Gasteiger partial charge in [0.05, 0.1) is 13.0 Å². The predicted molar refractivity (Wildman–Crippen MR) is 85.8 cm³/mol. The number of nitrogens with zero attached hydrogens (tertiary/aromatic N) is 1. The van der Waals surface area contributed by atoms with Gasteiger partial charge < -0.3 is 15.7 Å². The molecular formula is C15H20N4O4. The second-order valence-corrected chi connectivity index (χ2v) is 4.86. The monoisotopic (exact) mass is 320 g/mol. The molecule has 0 aliphatic rings. The standard InChI is InChI=1S/C15H20N4O4/c1-10-3-5-12(6-4-10)17-13(21)9-11(2)18-19-15(23)14(22)16-7-8-20/h3-6,20H,7-9H2,1-2H3,(H,16,22)(H,17,21)(H,19,23). The van der Waals surface area contributed by atoms with E-state index in [0.717, 1.165) is 5.56 Å². The normalized spacial score (nSPS) is 10.8. The minimum Gasteiger partial charge on any atom is -0.395 e. The van der Waals surface area contributed by atoms with Crippen molar-refractivity contribution in [3.05, 3.63) is 29.8 Å². The van der Waals surface area contributed by atoms with Crippen molar-refractivity contribution in [3.63, 3.8) is 0 Å². The molecule has 3 amide bonds. The van der Waals surface area contributed by atoms with Crippen LogP contribution < -0.4 is 16.1 Å². The topological polar surface area (TPSA) is 120 Å². The lowest BCUT2D eigenvalue weighted by Gasteiger charge is -2.06. The minimum atomic E-state index is -0.961. The predicted octanol–water partition coefficient (Wildman–Crippen LogP) is -0.0758. The fraction of sp³-hybridized carbons (Fsp3) is 0.333. The number of aliphatic hydroxyl groups is 1. The van der Waals surface area contributed by atoms with E-state index < -0.39 is 11.8 Å². The lowest BCUT2D eigenvalue weighted by atomic mass is 10.2. The number of anilines is 1. The Balaban J connectivity index is 2.43. The Bertz CT molecular complexity index is 596. The van der Waals surface area contributed by atoms with Crippen molar-refractivity contribution in [3.8, 4) is 0 Å². The molecule has 0 bridgehead atoms. The quantitative estimate of drug-likeness (QED) is 0.333. The van der Waals surface area contributed by atoms with Gasteiger partial charge in [-0.15, -0.1) is 0 Å². The Morgan fingerprint density at radius 3 is 2.39 bits per heavy atom. The second-order valence-electron chi connectivity index (χ2n) is 4.86. The highest BCUT2D eigenvalue weighted by molar-refractivity contribution is 6.35. The largest absolute Gasteiger partial charge is 0.395 e. The summed E-state index contributed by atoms with van der Waals surface area (Å²) >= 11 is 0. The number of benzene rings is 1. The van der Waals surface area contributed by atoms with Gasteiger partial charge in [0.15, 0.2) is 0 Å². The smallest absolute Gasteiger partial charge is 0.329 e. The molecular weight excluding hydrogens is 300 g/mol. The van der Waals surface area contributed by atoms with Crippen LogP contribution in [0.3, 0.4) is 0 Å². The molecule has 8 nitrogen and oxygen atoms in total. The third kappa shape index (κ3) is 7.18. The molecule has 0 atom stereocenters. The highest BCUT2D eigenvalue weighted by Crippen LogP contribution is 2.08. The molecule has 8 heteroatoms. The maximum Gasteiger partial charge on any atom is 0.329 e. The molecule has 0 aromatic heterocycles. The SMILES string of the molecule is CC(CC(=O)Nc1ccc(C)cc1)=NNC(=O)C(=O)NCCO. The third-order valence-electron chi connectivity index (χ3n) is 2.70. The summed E-state index contributed by atoms with van der Waals surface area (Å²) in [4.78, 5) is 34.4. The fourth-order valence-electron chi connectivity index (χ4n) is 1.56. The van der Waals surface area contributed by atoms with Crippen LogP contribution in [-0.2, 0) is 14.4 Å². The van der Waals surface area contributed by atoms with E-state index in [1.165, 1.54) is 0 Å². The molecule has 0 radical (unpaired) electrons. The Hall–Kier alpha value is -2.74. The number of aryl methyl sites for hydroxylation is 1. The van der Waals surface area contributed by atoms with Crippen molar-refractivity contribution in [1.29, 1.82) is 0 Å². The number of carbonyl (C=O) groups is 3. The van der Waals surface area contributed by atoms with Gasteiger partial charge in [0.1, 0.15) is 0 Å². The number of carbonyl (C=O) groups excluding carboxylic acids is 3. The summed E-state index contributed by atoms with van der Waals surface area (Å²) in [6, 6.07) is 7.32. The first-order valence-corrected chi connectivity index (χ1v) is 7.01. The highest BCUT2D eigenvalue weighted by atomic mass is 16.3. The first kappa shape index (κ1) is 18.3. The lowest BCUT2D eigenvalue weighted by molar-refractivity contribution is -0.139. The fourth-order valence-corrected chi connectivity index (χ4v) is 1.56. The molecule has 0 unspecified atom stereocenters. The van der Waals surface area contributed by atoms with Crippen LogP contribution in [0.4, 0.5) is 5.69 Å². The zero-order valence-electron chi connectivity index (χ0n) is 13.0. The molecule has 0 saturated heterocycles. The summed E-state index contributed by atoms with van der Waals surface area (Å²) in [5.74, 6) is -2.15. The summed E-state index contributed by atoms with van der Waals surface area (Å²) in [5.41, 5.74) is 4.14. The summed E-state index contributed by atoms with van der Waals surface area (Å²) in [6.07, 6.45) is -0.0214. The maximum atomic E-state index is 11.8. The van der Waals surface area contributed by atoms with Crippen molar-refractivity contribution >= 4 is 29.1 Å². The maximum absolute atomic E-state index is 11.8. The van der Waals surface area contributed by atoms with E-state index in [0.29, 0.717) is 11.4 Å². The van der Waals surface area contributed by atoms with Crippen LogP contribution in [0.25, 0.3) is 0 Å². The Morgan fingerprint density at radius 2 is 1.78 bits per heavy atom. The minimum absolute atomic E-state index is 0.0199. The molecule has 1 aromatic rings. The first-order chi connectivity index (χ1) is 10.9. The van der Waals surface area contributed by atoms with Gasteiger partial charge in [-0.05, 0) is 26.0 Å². The van der Waals surface area contributed by atoms with Crippen molar-refractivity contribution in [1.82, 2.24) is 10.7 Å². The highest BCUT2D eigenvalue weighted by Gasteiger charge is 2.12. The van der Waals surface area contributed by atoms with E-state index in [-0.39, 0.29) is 25.5 Å². The molecule has 4 N–H and O–H groups in total. The number of hydrogen-bond acceptors (Lipinski definition) is 5. The van der Waals surface area contributed by atoms with Gasteiger partial charge in [-0.3, -0.25) is 14.4 Å². The number of rotatable bonds is 6. The molecule has 1 aromatic carbocycles. The average Bonchev–Trinajstić information content (AvgIpc) is 2.52. The zero-order valence-corrected chi connectivity index (χ0v) is 13.0. The van der Waals surface area contributed by atoms with E-state index in [9.17, 15) is 14.4 Å². The lowest BCUT2D eigenvalue weighted by Crippen LogP contribution is -2.39. The average molecular weight is 320 g/mol. The summed E-state index contributed by atoms with van der Waals surface area (Å²) in [7, 11) is 0. The van der Waals surface area contributed by atoms with Crippen LogP contribution >= 0.6 is 0 Å². The molecule has 0 saturated carbocycles. The molecule has 124 valence electrons. The molecule has 23 heavy (non-hydrogen) atoms. The van der Waals surface area contributed by atoms with E-state index in [4.69, 9.17) is 5.11 Å². The molecule has 1 rings (SSSR count). The van der Waals surface area contributed by atoms with Crippen molar-refractivity contribution in [2.45, 2.75) is 20.3 Å². The van der Waals surface area contributed by atoms with Gasteiger partial charge in [0, 0.05) is 17.9 Å². The van der Waals surface area contributed by atoms with Gasteiger partial charge in [-0.25, -0.2) is 5.43 Å². The van der Waals surface area contributed by atoms with Crippen LogP contribution in [0.1, 0.15) is 18.9 Å². The van der Waals surface area contributed by atoms with Gasteiger partial charge in [0.2, 0.25) is 5.91 Å². The Morgan fingerprint density at radius 1 is 1.13 bits per heavy atom. The van der Waals surface area contributed by atoms with Gasteiger partial charge in [0.25, 0.3) is 0 Å². The number of nitrogens with one attached hydrogen (secondary N) is 3. The van der Waals surface area contributed by atoms with E-state index >= 15 is 0 Å². The summed E-state index contributed by atoms with van der Waals surface area (Å²) in [6.45, 7) is 3.22. The molecule has 0 spiro atoms. The van der Waals surface area contributed by atoms with E-state index in [1.54, 1.807) is 19.1 Å². The van der Waals surface area contributed by atoms with Gasteiger partial charge >= 0.3 is 11.8 Å². The first-order valence-electron chi connectivity index (χ1n) is 7.01. The molecule has 0 heterocycles. The molecule has 0 fully saturated rings. The number of hydrazone groups is 1. The van der Waals surface area contributed by atoms with Gasteiger partial charge in [-0.1, -0.05) is 17.7 Å². The van der Waals surface area contributed by atoms with E-state index in [1.807, 2.05) is 24.5 Å². The van der Waals surface area contributed by atoms with Crippen LogP contribution in [0.15, 0.2) is 29.4 Å². The number of aliphatic hydroxyl groups excluding tert-OH is 1. The van der Waals surface area contributed by atoms with E-state index in [2.05, 4.69) is 15.7 Å².